The molecule has 2 saturated heterocycles. The van der Waals surface area contributed by atoms with Crippen molar-refractivity contribution in [3.05, 3.63) is 53.3 Å². The van der Waals surface area contributed by atoms with Gasteiger partial charge < -0.3 is 10.2 Å². The van der Waals surface area contributed by atoms with Gasteiger partial charge in [-0.1, -0.05) is 23.4 Å². The Labute approximate surface area is 150 Å². The number of nitrogens with zero attached hydrogens (tertiary/aromatic N) is 2. The van der Waals surface area contributed by atoms with Crippen molar-refractivity contribution in [3.8, 4) is 0 Å². The Morgan fingerprint density at radius 2 is 1.96 bits per heavy atom. The molecule has 124 valence electrons. The standard InChI is InChI=1S/C18H18ClN3OS/c19-17-6-5-15(9-20-17)24-14-3-1-12(2-4-14)18(23)21-16-11-22-8-7-13(16)10-22/h1-6,9,13,16H,7-8,10-11H2,(H,21,23)/t13-,16?/m0/s1. The third-order valence-electron chi connectivity index (χ3n) is 4.70. The van der Waals surface area contributed by atoms with Gasteiger partial charge in [0.2, 0.25) is 0 Å². The highest BCUT2D eigenvalue weighted by atomic mass is 35.5. The quantitative estimate of drug-likeness (QED) is 0.850. The fourth-order valence-corrected chi connectivity index (χ4v) is 4.33. The molecule has 2 aromatic rings. The molecule has 0 aliphatic carbocycles. The Balaban J connectivity index is 1.38. The van der Waals surface area contributed by atoms with Crippen LogP contribution < -0.4 is 5.32 Å². The molecule has 0 saturated carbocycles. The van der Waals surface area contributed by atoms with Gasteiger partial charge in [-0.05, 0) is 55.3 Å². The zero-order chi connectivity index (χ0) is 16.5. The summed E-state index contributed by atoms with van der Waals surface area (Å²) in [5.41, 5.74) is 0.714. The first-order valence-electron chi connectivity index (χ1n) is 8.10. The van der Waals surface area contributed by atoms with Gasteiger partial charge in [-0.25, -0.2) is 4.98 Å². The summed E-state index contributed by atoms with van der Waals surface area (Å²) in [6.07, 6.45) is 2.95. The number of piperidine rings is 1. The van der Waals surface area contributed by atoms with Crippen molar-refractivity contribution in [2.75, 3.05) is 19.6 Å². The molecule has 1 amide bonds. The average Bonchev–Trinajstić information content (AvgIpc) is 3.20. The Bertz CT molecular complexity index is 735. The van der Waals surface area contributed by atoms with E-state index < -0.39 is 0 Å². The van der Waals surface area contributed by atoms with E-state index >= 15 is 0 Å². The summed E-state index contributed by atoms with van der Waals surface area (Å²) in [7, 11) is 0. The van der Waals surface area contributed by atoms with Crippen LogP contribution in [0.15, 0.2) is 52.4 Å². The van der Waals surface area contributed by atoms with Gasteiger partial charge in [0.05, 0.1) is 0 Å². The van der Waals surface area contributed by atoms with Crippen LogP contribution in [0.4, 0.5) is 0 Å². The van der Waals surface area contributed by atoms with Crippen LogP contribution >= 0.6 is 23.4 Å². The third-order valence-corrected chi connectivity index (χ3v) is 5.91. The number of amides is 1. The molecule has 6 heteroatoms. The molecule has 4 rings (SSSR count). The Hall–Kier alpha value is -1.56. The third kappa shape index (κ3) is 3.43. The fourth-order valence-electron chi connectivity index (χ4n) is 3.43. The number of hydrogen-bond donors (Lipinski definition) is 1. The highest BCUT2D eigenvalue weighted by molar-refractivity contribution is 7.99. The van der Waals surface area contributed by atoms with Crippen molar-refractivity contribution in [2.45, 2.75) is 22.3 Å². The average molecular weight is 360 g/mol. The Morgan fingerprint density at radius 3 is 2.58 bits per heavy atom. The van der Waals surface area contributed by atoms with E-state index in [4.69, 9.17) is 11.6 Å². The predicted octanol–water partition coefficient (Wildman–Crippen LogP) is 3.32. The second kappa shape index (κ2) is 6.75. The minimum absolute atomic E-state index is 0.0264. The number of carbonyl (C=O) groups is 1. The van der Waals surface area contributed by atoms with Crippen molar-refractivity contribution in [1.29, 1.82) is 0 Å². The number of benzene rings is 1. The maximum atomic E-state index is 12.4. The van der Waals surface area contributed by atoms with Gasteiger partial charge in [0, 0.05) is 40.7 Å². The first-order valence-corrected chi connectivity index (χ1v) is 9.29. The molecular weight excluding hydrogens is 342 g/mol. The minimum Gasteiger partial charge on any atom is -0.348 e. The molecular formula is C18H18ClN3OS. The molecule has 2 aliphatic heterocycles. The van der Waals surface area contributed by atoms with Crippen molar-refractivity contribution in [1.82, 2.24) is 15.2 Å². The second-order valence-corrected chi connectivity index (χ2v) is 7.87. The largest absolute Gasteiger partial charge is 0.348 e. The molecule has 1 aromatic heterocycles. The molecule has 1 aromatic carbocycles. The SMILES string of the molecule is O=C(NC1CN2CC[C@H]1C2)c1ccc(Sc2ccc(Cl)nc2)cc1. The van der Waals surface area contributed by atoms with E-state index in [1.165, 1.54) is 13.0 Å². The highest BCUT2D eigenvalue weighted by Gasteiger charge is 2.38. The fraction of sp³-hybridized carbons (Fsp3) is 0.333. The summed E-state index contributed by atoms with van der Waals surface area (Å²) in [4.78, 5) is 21.0. The topological polar surface area (TPSA) is 45.2 Å². The van der Waals surface area contributed by atoms with E-state index in [0.29, 0.717) is 22.7 Å². The molecule has 2 fully saturated rings. The van der Waals surface area contributed by atoms with Crippen molar-refractivity contribution < 1.29 is 4.79 Å². The van der Waals surface area contributed by atoms with Crippen molar-refractivity contribution in [2.24, 2.45) is 5.92 Å². The van der Waals surface area contributed by atoms with E-state index in [1.807, 2.05) is 30.3 Å². The highest BCUT2D eigenvalue weighted by Crippen LogP contribution is 2.29. The van der Waals surface area contributed by atoms with Crippen LogP contribution in [0.1, 0.15) is 16.8 Å². The molecule has 0 radical (unpaired) electrons. The number of rotatable bonds is 4. The van der Waals surface area contributed by atoms with Crippen LogP contribution in [0.2, 0.25) is 5.15 Å². The molecule has 2 aliphatic rings. The second-order valence-electron chi connectivity index (χ2n) is 6.33. The molecule has 3 atom stereocenters. The van der Waals surface area contributed by atoms with Gasteiger partial charge in [-0.3, -0.25) is 4.79 Å². The van der Waals surface area contributed by atoms with Crippen LogP contribution in [-0.4, -0.2) is 41.5 Å². The van der Waals surface area contributed by atoms with Gasteiger partial charge in [0.1, 0.15) is 5.15 Å². The van der Waals surface area contributed by atoms with Gasteiger partial charge in [0.25, 0.3) is 5.91 Å². The van der Waals surface area contributed by atoms with Crippen LogP contribution in [0.25, 0.3) is 0 Å². The molecule has 4 nitrogen and oxygen atoms in total. The van der Waals surface area contributed by atoms with Crippen LogP contribution in [0, 0.1) is 5.92 Å². The lowest BCUT2D eigenvalue weighted by Crippen LogP contribution is -2.43. The van der Waals surface area contributed by atoms with E-state index in [1.54, 1.807) is 24.0 Å². The first kappa shape index (κ1) is 15.9. The summed E-state index contributed by atoms with van der Waals surface area (Å²) in [5, 5.41) is 3.68. The summed E-state index contributed by atoms with van der Waals surface area (Å²) >= 11 is 7.40. The molecule has 1 N–H and O–H groups in total. The number of carbonyl (C=O) groups excluding carboxylic acids is 1. The summed E-state index contributed by atoms with van der Waals surface area (Å²) < 4.78 is 0. The van der Waals surface area contributed by atoms with Gasteiger partial charge in [-0.15, -0.1) is 0 Å². The number of halogens is 1. The van der Waals surface area contributed by atoms with Crippen LogP contribution in [0.5, 0.6) is 0 Å². The predicted molar refractivity (Wildman–Crippen MR) is 95.6 cm³/mol. The van der Waals surface area contributed by atoms with Crippen molar-refractivity contribution >= 4 is 29.3 Å². The normalized spacial score (nSPS) is 25.0. The smallest absolute Gasteiger partial charge is 0.251 e. The van der Waals surface area contributed by atoms with Crippen LogP contribution in [-0.2, 0) is 0 Å². The lowest BCUT2D eigenvalue weighted by Gasteiger charge is -2.23. The molecule has 2 unspecified atom stereocenters. The van der Waals surface area contributed by atoms with Gasteiger partial charge in [0.15, 0.2) is 0 Å². The zero-order valence-corrected chi connectivity index (χ0v) is 14.7. The van der Waals surface area contributed by atoms with Crippen LogP contribution in [0.3, 0.4) is 0 Å². The number of hydrogen-bond acceptors (Lipinski definition) is 4. The van der Waals surface area contributed by atoms with Gasteiger partial charge in [-0.2, -0.15) is 0 Å². The lowest BCUT2D eigenvalue weighted by atomic mass is 9.99. The maximum absolute atomic E-state index is 12.4. The summed E-state index contributed by atoms with van der Waals surface area (Å²) in [6.45, 7) is 3.31. The van der Waals surface area contributed by atoms with E-state index in [0.717, 1.165) is 22.9 Å². The molecule has 24 heavy (non-hydrogen) atoms. The first-order chi connectivity index (χ1) is 11.7. The molecule has 2 bridgehead atoms. The van der Waals surface area contributed by atoms with E-state index in [2.05, 4.69) is 15.2 Å². The molecule has 0 spiro atoms. The molecule has 3 heterocycles. The number of aromatic nitrogens is 1. The van der Waals surface area contributed by atoms with E-state index in [-0.39, 0.29) is 5.91 Å². The number of nitrogens with one attached hydrogen (secondary N) is 1. The number of fused-ring (bicyclic) bond motifs is 2. The monoisotopic (exact) mass is 359 g/mol. The Kier molecular flexibility index (Phi) is 4.48. The Morgan fingerprint density at radius 1 is 1.17 bits per heavy atom. The minimum atomic E-state index is 0.0264. The lowest BCUT2D eigenvalue weighted by molar-refractivity contribution is 0.0924. The maximum Gasteiger partial charge on any atom is 0.251 e. The van der Waals surface area contributed by atoms with Crippen molar-refractivity contribution in [3.63, 3.8) is 0 Å². The summed E-state index contributed by atoms with van der Waals surface area (Å²) in [6, 6.07) is 11.7. The summed E-state index contributed by atoms with van der Waals surface area (Å²) in [5.74, 6) is 0.652. The zero-order valence-electron chi connectivity index (χ0n) is 13.1. The van der Waals surface area contributed by atoms with E-state index in [9.17, 15) is 4.79 Å². The number of pyridine rings is 1. The van der Waals surface area contributed by atoms with Gasteiger partial charge >= 0.3 is 0 Å².